The topological polar surface area (TPSA) is 86.6 Å². The van der Waals surface area contributed by atoms with Gasteiger partial charge in [0.15, 0.2) is 0 Å². The second-order valence-corrected chi connectivity index (χ2v) is 5.81. The molecule has 7 nitrogen and oxygen atoms in total. The summed E-state index contributed by atoms with van der Waals surface area (Å²) in [6, 6.07) is 6.42. The monoisotopic (exact) mass is 400 g/mol. The lowest BCUT2D eigenvalue weighted by atomic mass is 9.89. The molecule has 1 N–H and O–H groups in total. The highest BCUT2D eigenvalue weighted by atomic mass is 19.4. The summed E-state index contributed by atoms with van der Waals surface area (Å²) in [5.41, 5.74) is -2.48. The van der Waals surface area contributed by atoms with Crippen molar-refractivity contribution in [1.29, 1.82) is 0 Å². The van der Waals surface area contributed by atoms with E-state index in [1.165, 1.54) is 36.0 Å². The lowest BCUT2D eigenvalue weighted by Gasteiger charge is -2.30. The summed E-state index contributed by atoms with van der Waals surface area (Å²) in [6.07, 6.45) is -4.05. The summed E-state index contributed by atoms with van der Waals surface area (Å²) < 4.78 is 50.2. The van der Waals surface area contributed by atoms with E-state index in [4.69, 9.17) is 9.47 Å². The molecule has 1 heterocycles. The first-order valence-electron chi connectivity index (χ1n) is 8.37. The molecule has 0 unspecified atom stereocenters. The van der Waals surface area contributed by atoms with Crippen molar-refractivity contribution in [2.75, 3.05) is 13.2 Å². The van der Waals surface area contributed by atoms with Gasteiger partial charge in [0.05, 0.1) is 13.2 Å². The molecule has 0 spiro atoms. The zero-order valence-electron chi connectivity index (χ0n) is 15.4. The second-order valence-electron chi connectivity index (χ2n) is 5.81. The van der Waals surface area contributed by atoms with E-state index >= 15 is 0 Å². The number of nitrogens with one attached hydrogen (secondary N) is 1. The number of benzene rings is 1. The predicted molar refractivity (Wildman–Crippen MR) is 92.1 cm³/mol. The van der Waals surface area contributed by atoms with Crippen molar-refractivity contribution >= 4 is 28.7 Å². The highest BCUT2D eigenvalue weighted by Crippen LogP contribution is 2.34. The summed E-state index contributed by atoms with van der Waals surface area (Å²) in [4.78, 5) is 37.3. The van der Waals surface area contributed by atoms with Crippen LogP contribution in [0.5, 0.6) is 0 Å². The maximum absolute atomic E-state index is 13.0. The molecule has 152 valence electrons. The van der Waals surface area contributed by atoms with Crippen molar-refractivity contribution in [3.63, 3.8) is 0 Å². The van der Waals surface area contributed by atoms with E-state index in [0.717, 1.165) is 0 Å². The van der Waals surface area contributed by atoms with Crippen LogP contribution >= 0.6 is 0 Å². The van der Waals surface area contributed by atoms with E-state index in [1.807, 2.05) is 0 Å². The summed E-state index contributed by atoms with van der Waals surface area (Å²) in [6.45, 7) is 2.38. The number of carbonyl (C=O) groups is 3. The number of ether oxygens (including phenoxy) is 2. The fourth-order valence-corrected chi connectivity index (χ4v) is 2.83. The molecular formula is C18H19F3N2O5. The van der Waals surface area contributed by atoms with Crippen molar-refractivity contribution in [3.8, 4) is 0 Å². The van der Waals surface area contributed by atoms with Crippen LogP contribution < -0.4 is 5.32 Å². The smallest absolute Gasteiger partial charge is 0.464 e. The molecule has 2 rings (SSSR count). The normalized spacial score (nSPS) is 11.9. The first-order chi connectivity index (χ1) is 13.1. The van der Waals surface area contributed by atoms with Crippen LogP contribution in [0, 0.1) is 0 Å². The third kappa shape index (κ3) is 3.67. The Hall–Kier alpha value is -3.04. The summed E-state index contributed by atoms with van der Waals surface area (Å²) in [5, 5.41) is 1.82. The van der Waals surface area contributed by atoms with Crippen molar-refractivity contribution in [1.82, 2.24) is 9.88 Å². The van der Waals surface area contributed by atoms with Crippen LogP contribution in [0.1, 0.15) is 19.4 Å². The Kier molecular flexibility index (Phi) is 6.01. The molecule has 0 radical (unpaired) electrons. The molecule has 0 aliphatic heterocycles. The number of carbonyl (C=O) groups excluding carboxylic acids is 3. The Morgan fingerprint density at radius 1 is 1.04 bits per heavy atom. The number of rotatable bonds is 6. The SMILES string of the molecule is CCOC(=O)C(NC(=O)C(F)(F)F)(C(=O)OCC)c1cn(C)c2ccccc12. The summed E-state index contributed by atoms with van der Waals surface area (Å²) in [5.74, 6) is -5.22. The first-order valence-corrected chi connectivity index (χ1v) is 8.37. The van der Waals surface area contributed by atoms with Gasteiger partial charge in [0, 0.05) is 29.7 Å². The minimum atomic E-state index is -5.34. The molecule has 0 aliphatic carbocycles. The molecule has 0 aliphatic rings. The largest absolute Gasteiger partial charge is 0.471 e. The molecule has 1 aromatic carbocycles. The van der Waals surface area contributed by atoms with Gasteiger partial charge in [0.2, 0.25) is 0 Å². The molecular weight excluding hydrogens is 381 g/mol. The number of alkyl halides is 3. The van der Waals surface area contributed by atoms with Gasteiger partial charge >= 0.3 is 24.0 Å². The van der Waals surface area contributed by atoms with E-state index in [2.05, 4.69) is 0 Å². The van der Waals surface area contributed by atoms with E-state index in [0.29, 0.717) is 5.52 Å². The third-order valence-corrected chi connectivity index (χ3v) is 4.02. The Morgan fingerprint density at radius 3 is 2.07 bits per heavy atom. The number of esters is 2. The van der Waals surface area contributed by atoms with Crippen molar-refractivity contribution < 1.29 is 37.0 Å². The number of aryl methyl sites for hydroxylation is 1. The van der Waals surface area contributed by atoms with Gasteiger partial charge in [-0.3, -0.25) is 4.79 Å². The molecule has 0 saturated heterocycles. The standard InChI is InChI=1S/C18H19F3N2O5/c1-4-27-15(25)17(16(26)28-5-2,22-14(24)18(19,20)21)12-10-23(3)13-9-7-6-8-11(12)13/h6-10H,4-5H2,1-3H3,(H,22,24). The zero-order chi connectivity index (χ0) is 21.1. The Morgan fingerprint density at radius 2 is 1.57 bits per heavy atom. The van der Waals surface area contributed by atoms with E-state index in [9.17, 15) is 27.6 Å². The van der Waals surface area contributed by atoms with Crippen molar-refractivity contribution in [2.24, 2.45) is 7.05 Å². The molecule has 10 heteroatoms. The van der Waals surface area contributed by atoms with Crippen LogP contribution in [0.4, 0.5) is 13.2 Å². The number of amides is 1. The second kappa shape index (κ2) is 7.91. The molecule has 0 fully saturated rings. The van der Waals surface area contributed by atoms with Gasteiger partial charge in [-0.25, -0.2) is 9.59 Å². The average Bonchev–Trinajstić information content (AvgIpc) is 2.96. The minimum Gasteiger partial charge on any atom is -0.464 e. The fraction of sp³-hybridized carbons (Fsp3) is 0.389. The summed E-state index contributed by atoms with van der Waals surface area (Å²) in [7, 11) is 1.58. The molecule has 1 amide bonds. The van der Waals surface area contributed by atoms with Gasteiger partial charge in [-0.15, -0.1) is 0 Å². The van der Waals surface area contributed by atoms with Crippen LogP contribution in [0.15, 0.2) is 30.5 Å². The maximum Gasteiger partial charge on any atom is 0.471 e. The quantitative estimate of drug-likeness (QED) is 0.593. The molecule has 0 bridgehead atoms. The third-order valence-electron chi connectivity index (χ3n) is 4.02. The number of hydrogen-bond donors (Lipinski definition) is 1. The highest BCUT2D eigenvalue weighted by Gasteiger charge is 2.57. The minimum absolute atomic E-state index is 0.180. The summed E-state index contributed by atoms with van der Waals surface area (Å²) >= 11 is 0. The van der Waals surface area contributed by atoms with E-state index in [1.54, 1.807) is 25.2 Å². The number of fused-ring (bicyclic) bond motifs is 1. The average molecular weight is 400 g/mol. The zero-order valence-corrected chi connectivity index (χ0v) is 15.4. The van der Waals surface area contributed by atoms with Gasteiger partial charge in [-0.05, 0) is 19.9 Å². The molecule has 2 aromatic rings. The maximum atomic E-state index is 13.0. The van der Waals surface area contributed by atoms with E-state index < -0.39 is 29.6 Å². The molecule has 1 aromatic heterocycles. The van der Waals surface area contributed by atoms with Gasteiger partial charge < -0.3 is 19.4 Å². The van der Waals surface area contributed by atoms with Gasteiger partial charge in [0.25, 0.3) is 5.54 Å². The number of halogens is 3. The Balaban J connectivity index is 2.82. The van der Waals surface area contributed by atoms with Crippen LogP contribution in [0.2, 0.25) is 0 Å². The van der Waals surface area contributed by atoms with Gasteiger partial charge in [0.1, 0.15) is 0 Å². The number of hydrogen-bond acceptors (Lipinski definition) is 5. The number of nitrogens with zero attached hydrogens (tertiary/aromatic N) is 1. The number of aromatic nitrogens is 1. The highest BCUT2D eigenvalue weighted by molar-refractivity contribution is 6.12. The fourth-order valence-electron chi connectivity index (χ4n) is 2.83. The van der Waals surface area contributed by atoms with Crippen molar-refractivity contribution in [2.45, 2.75) is 25.6 Å². The van der Waals surface area contributed by atoms with Gasteiger partial charge in [-0.1, -0.05) is 18.2 Å². The molecule has 28 heavy (non-hydrogen) atoms. The number of para-hydroxylation sites is 1. The lowest BCUT2D eigenvalue weighted by Crippen LogP contribution is -2.61. The van der Waals surface area contributed by atoms with Crippen LogP contribution in [-0.4, -0.2) is 41.8 Å². The predicted octanol–water partition coefficient (Wildman–Crippen LogP) is 2.18. The van der Waals surface area contributed by atoms with Crippen LogP contribution in [-0.2, 0) is 36.4 Å². The Labute approximate surface area is 158 Å². The van der Waals surface area contributed by atoms with Crippen LogP contribution in [0.25, 0.3) is 10.9 Å². The van der Waals surface area contributed by atoms with Gasteiger partial charge in [-0.2, -0.15) is 13.2 Å². The molecule has 0 atom stereocenters. The Bertz CT molecular complexity index is 886. The lowest BCUT2D eigenvalue weighted by molar-refractivity contribution is -0.183. The van der Waals surface area contributed by atoms with E-state index in [-0.39, 0.29) is 24.2 Å². The first kappa shape index (κ1) is 21.3. The van der Waals surface area contributed by atoms with Crippen LogP contribution in [0.3, 0.4) is 0 Å². The molecule has 0 saturated carbocycles. The van der Waals surface area contributed by atoms with Crippen molar-refractivity contribution in [3.05, 3.63) is 36.0 Å².